The van der Waals surface area contributed by atoms with E-state index in [2.05, 4.69) is 48.8 Å². The second kappa shape index (κ2) is 7.46. The van der Waals surface area contributed by atoms with Crippen molar-refractivity contribution < 1.29 is 14.3 Å². The highest BCUT2D eigenvalue weighted by molar-refractivity contribution is 5.94. The van der Waals surface area contributed by atoms with E-state index in [-0.39, 0.29) is 28.4 Å². The Kier molecular flexibility index (Phi) is 4.91. The first-order valence-electron chi connectivity index (χ1n) is 13.2. The number of amides is 2. The lowest BCUT2D eigenvalue weighted by atomic mass is 9.74. The van der Waals surface area contributed by atoms with E-state index in [4.69, 9.17) is 4.74 Å². The van der Waals surface area contributed by atoms with Gasteiger partial charge in [0.05, 0.1) is 18.2 Å². The van der Waals surface area contributed by atoms with Gasteiger partial charge in [0.1, 0.15) is 0 Å². The van der Waals surface area contributed by atoms with Crippen LogP contribution >= 0.6 is 0 Å². The van der Waals surface area contributed by atoms with E-state index in [1.165, 1.54) is 18.4 Å². The molecule has 6 nitrogen and oxygen atoms in total. The lowest BCUT2D eigenvalue weighted by Gasteiger charge is -2.42. The molecule has 4 atom stereocenters. The topological polar surface area (TPSA) is 52.9 Å². The van der Waals surface area contributed by atoms with Crippen LogP contribution in [0.15, 0.2) is 24.3 Å². The van der Waals surface area contributed by atoms with Gasteiger partial charge in [0.25, 0.3) is 0 Å². The van der Waals surface area contributed by atoms with Gasteiger partial charge in [0.2, 0.25) is 5.91 Å². The summed E-state index contributed by atoms with van der Waals surface area (Å²) in [5.74, 6) is 0.772. The number of nitrogens with zero attached hydrogens (tertiary/aromatic N) is 3. The summed E-state index contributed by atoms with van der Waals surface area (Å²) in [6, 6.07) is 9.47. The standard InChI is InChI=1S/C28H39N3O3/c1-19(32)30-17-27(22-7-5-6-8-23(22)30)11-13-29(14-12-27)21-15-20-9-10-24-28(20,16-21)31(24)25(33)34-18-26(2,3)4/h5-8,20-21,24H,9-18H2,1-4H3. The van der Waals surface area contributed by atoms with Gasteiger partial charge in [-0.25, -0.2) is 4.79 Å². The Hall–Kier alpha value is -2.08. The number of ether oxygens (including phenoxy) is 1. The second-order valence-electron chi connectivity index (χ2n) is 12.8. The van der Waals surface area contributed by atoms with Crippen LogP contribution in [0.2, 0.25) is 0 Å². The van der Waals surface area contributed by atoms with E-state index in [0.717, 1.165) is 51.0 Å². The molecule has 2 spiro atoms. The van der Waals surface area contributed by atoms with Crippen LogP contribution in [0.4, 0.5) is 10.5 Å². The minimum absolute atomic E-state index is 0.00333. The van der Waals surface area contributed by atoms with Crippen molar-refractivity contribution >= 4 is 17.7 Å². The smallest absolute Gasteiger partial charge is 0.410 e. The number of fused-ring (bicyclic) bond motifs is 2. The third-order valence-corrected chi connectivity index (χ3v) is 9.59. The van der Waals surface area contributed by atoms with Crippen molar-refractivity contribution in [2.24, 2.45) is 11.3 Å². The maximum absolute atomic E-state index is 12.9. The van der Waals surface area contributed by atoms with E-state index in [9.17, 15) is 9.59 Å². The Morgan fingerprint density at radius 3 is 2.56 bits per heavy atom. The molecule has 2 aliphatic carbocycles. The molecule has 4 unspecified atom stereocenters. The number of rotatable bonds is 2. The minimum Gasteiger partial charge on any atom is -0.449 e. The molecule has 2 saturated carbocycles. The molecule has 1 aromatic carbocycles. The van der Waals surface area contributed by atoms with Crippen molar-refractivity contribution in [3.8, 4) is 0 Å². The number of benzene rings is 1. The Bertz CT molecular complexity index is 1010. The number of likely N-dealkylation sites (tertiary alicyclic amines) is 2. The van der Waals surface area contributed by atoms with Crippen molar-refractivity contribution in [1.29, 1.82) is 0 Å². The number of carbonyl (C=O) groups is 2. The van der Waals surface area contributed by atoms with Gasteiger partial charge in [-0.2, -0.15) is 0 Å². The Morgan fingerprint density at radius 2 is 1.85 bits per heavy atom. The fraction of sp³-hybridized carbons (Fsp3) is 0.714. The summed E-state index contributed by atoms with van der Waals surface area (Å²) in [7, 11) is 0. The summed E-state index contributed by atoms with van der Waals surface area (Å²) in [6.07, 6.45) is 6.82. The predicted octanol–water partition coefficient (Wildman–Crippen LogP) is 4.56. The summed E-state index contributed by atoms with van der Waals surface area (Å²) < 4.78 is 5.72. The third kappa shape index (κ3) is 3.24. The molecule has 3 aliphatic heterocycles. The first-order chi connectivity index (χ1) is 16.1. The molecule has 0 bridgehead atoms. The molecule has 0 radical (unpaired) electrons. The van der Waals surface area contributed by atoms with Gasteiger partial charge in [-0.15, -0.1) is 0 Å². The number of para-hydroxylation sites is 1. The molecular weight excluding hydrogens is 426 g/mol. The van der Waals surface area contributed by atoms with Crippen molar-refractivity contribution in [1.82, 2.24) is 9.80 Å². The molecule has 6 heteroatoms. The molecule has 2 amide bonds. The van der Waals surface area contributed by atoms with Gasteiger partial charge in [-0.3, -0.25) is 9.69 Å². The van der Waals surface area contributed by atoms with Crippen molar-refractivity contribution in [3.05, 3.63) is 29.8 Å². The van der Waals surface area contributed by atoms with Crippen LogP contribution in [0.3, 0.4) is 0 Å². The molecule has 1 aromatic rings. The normalized spacial score (nSPS) is 33.6. The van der Waals surface area contributed by atoms with Gasteiger partial charge in [-0.05, 0) is 74.6 Å². The predicted molar refractivity (Wildman–Crippen MR) is 132 cm³/mol. The average Bonchev–Trinajstić information content (AvgIpc) is 3.07. The molecule has 184 valence electrons. The van der Waals surface area contributed by atoms with Crippen LogP contribution in [0.25, 0.3) is 0 Å². The lowest BCUT2D eigenvalue weighted by molar-refractivity contribution is -0.116. The molecule has 4 fully saturated rings. The maximum Gasteiger partial charge on any atom is 0.410 e. The molecule has 0 aromatic heterocycles. The molecule has 2 saturated heterocycles. The van der Waals surface area contributed by atoms with Crippen molar-refractivity contribution in [3.63, 3.8) is 0 Å². The van der Waals surface area contributed by atoms with Crippen LogP contribution in [0, 0.1) is 11.3 Å². The monoisotopic (exact) mass is 465 g/mol. The largest absolute Gasteiger partial charge is 0.449 e. The SMILES string of the molecule is CC(=O)N1CC2(CCN(C3CC4CCC5N(C(=O)OCC(C)(C)C)C45C3)CC2)c2ccccc21. The zero-order chi connectivity index (χ0) is 23.9. The molecule has 34 heavy (non-hydrogen) atoms. The molecule has 5 aliphatic rings. The fourth-order valence-electron chi connectivity index (χ4n) is 7.96. The highest BCUT2D eigenvalue weighted by Gasteiger charge is 2.75. The van der Waals surface area contributed by atoms with E-state index in [1.54, 1.807) is 6.92 Å². The third-order valence-electron chi connectivity index (χ3n) is 9.59. The molecule has 6 rings (SSSR count). The zero-order valence-electron chi connectivity index (χ0n) is 21.2. The van der Waals surface area contributed by atoms with Gasteiger partial charge < -0.3 is 14.5 Å². The lowest BCUT2D eigenvalue weighted by Crippen LogP contribution is -2.48. The summed E-state index contributed by atoms with van der Waals surface area (Å²) in [5.41, 5.74) is 2.64. The zero-order valence-corrected chi connectivity index (χ0v) is 21.2. The summed E-state index contributed by atoms with van der Waals surface area (Å²) >= 11 is 0. The highest BCUT2D eigenvalue weighted by Crippen LogP contribution is 2.65. The fourth-order valence-corrected chi connectivity index (χ4v) is 7.96. The van der Waals surface area contributed by atoms with Crippen LogP contribution in [0.5, 0.6) is 0 Å². The maximum atomic E-state index is 12.9. The number of piperidine rings is 2. The van der Waals surface area contributed by atoms with E-state index in [1.807, 2.05) is 11.0 Å². The summed E-state index contributed by atoms with van der Waals surface area (Å²) in [5, 5.41) is 0. The van der Waals surface area contributed by atoms with Gasteiger partial charge in [0, 0.05) is 30.6 Å². The quantitative estimate of drug-likeness (QED) is 0.601. The van der Waals surface area contributed by atoms with E-state index < -0.39 is 0 Å². The van der Waals surface area contributed by atoms with Gasteiger partial charge in [-0.1, -0.05) is 39.0 Å². The molecular formula is C28H39N3O3. The summed E-state index contributed by atoms with van der Waals surface area (Å²) in [4.78, 5) is 32.0. The van der Waals surface area contributed by atoms with Crippen LogP contribution < -0.4 is 4.90 Å². The Balaban J connectivity index is 1.12. The van der Waals surface area contributed by atoms with Crippen LogP contribution in [0.1, 0.15) is 71.8 Å². The molecule has 0 N–H and O–H groups in total. The summed E-state index contributed by atoms with van der Waals surface area (Å²) in [6.45, 7) is 11.5. The highest BCUT2D eigenvalue weighted by atomic mass is 16.6. The van der Waals surface area contributed by atoms with Crippen molar-refractivity contribution in [2.45, 2.75) is 89.3 Å². The van der Waals surface area contributed by atoms with E-state index >= 15 is 0 Å². The van der Waals surface area contributed by atoms with Gasteiger partial charge >= 0.3 is 6.09 Å². The Labute approximate surface area is 203 Å². The Morgan fingerprint density at radius 1 is 1.12 bits per heavy atom. The average molecular weight is 466 g/mol. The molecule has 3 heterocycles. The number of hydrogen-bond acceptors (Lipinski definition) is 4. The van der Waals surface area contributed by atoms with E-state index in [0.29, 0.717) is 24.6 Å². The number of anilines is 1. The van der Waals surface area contributed by atoms with Crippen LogP contribution in [-0.2, 0) is 14.9 Å². The van der Waals surface area contributed by atoms with Gasteiger partial charge in [0.15, 0.2) is 0 Å². The second-order valence-corrected chi connectivity index (χ2v) is 12.8. The minimum atomic E-state index is -0.0882. The first-order valence-corrected chi connectivity index (χ1v) is 13.2. The van der Waals surface area contributed by atoms with Crippen LogP contribution in [-0.4, -0.2) is 65.7 Å². The number of carbonyl (C=O) groups excluding carboxylic acids is 2. The van der Waals surface area contributed by atoms with Crippen molar-refractivity contribution in [2.75, 3.05) is 31.1 Å². The first kappa shape index (κ1) is 22.4. The number of hydrogen-bond donors (Lipinski definition) is 0.